The predicted molar refractivity (Wildman–Crippen MR) is 74.2 cm³/mol. The quantitative estimate of drug-likeness (QED) is 0.814. The van der Waals surface area contributed by atoms with Crippen molar-refractivity contribution >= 4 is 11.7 Å². The van der Waals surface area contributed by atoms with E-state index in [1.807, 2.05) is 0 Å². The van der Waals surface area contributed by atoms with Gasteiger partial charge in [0, 0.05) is 18.8 Å². The second-order valence-electron chi connectivity index (χ2n) is 5.64. The van der Waals surface area contributed by atoms with Crippen molar-refractivity contribution in [2.24, 2.45) is 5.41 Å². The van der Waals surface area contributed by atoms with E-state index >= 15 is 0 Å². The fourth-order valence-electron chi connectivity index (χ4n) is 1.98. The lowest BCUT2D eigenvalue weighted by Crippen LogP contribution is -2.34. The maximum Gasteiger partial charge on any atom is 0.335 e. The van der Waals surface area contributed by atoms with Gasteiger partial charge < -0.3 is 15.3 Å². The third-order valence-electron chi connectivity index (χ3n) is 2.65. The molecule has 100 valence electrons. The number of carboxylic acids is 1. The van der Waals surface area contributed by atoms with Crippen LogP contribution in [0.25, 0.3) is 0 Å². The second kappa shape index (κ2) is 5.87. The minimum Gasteiger partial charge on any atom is -0.478 e. The highest BCUT2D eigenvalue weighted by Gasteiger charge is 2.18. The van der Waals surface area contributed by atoms with Gasteiger partial charge in [0.05, 0.1) is 5.56 Å². The average Bonchev–Trinajstić information content (AvgIpc) is 2.25. The van der Waals surface area contributed by atoms with E-state index in [9.17, 15) is 4.79 Å². The van der Waals surface area contributed by atoms with Crippen LogP contribution < -0.4 is 5.32 Å². The summed E-state index contributed by atoms with van der Waals surface area (Å²) in [5.74, 6) is -0.894. The summed E-state index contributed by atoms with van der Waals surface area (Å²) in [4.78, 5) is 12.9. The summed E-state index contributed by atoms with van der Waals surface area (Å²) in [5, 5.41) is 12.1. The maximum atomic E-state index is 10.7. The van der Waals surface area contributed by atoms with Gasteiger partial charge in [0.1, 0.15) is 0 Å². The Kier molecular flexibility index (Phi) is 4.73. The summed E-state index contributed by atoms with van der Waals surface area (Å²) in [5.41, 5.74) is 1.43. The first-order valence-corrected chi connectivity index (χ1v) is 6.02. The lowest BCUT2D eigenvalue weighted by molar-refractivity contribution is 0.0697. The molecular weight excluding hydrogens is 228 g/mol. The van der Waals surface area contributed by atoms with E-state index in [2.05, 4.69) is 38.2 Å². The first-order valence-electron chi connectivity index (χ1n) is 6.02. The van der Waals surface area contributed by atoms with Gasteiger partial charge in [-0.3, -0.25) is 0 Å². The number of carbonyl (C=O) groups is 1. The molecule has 1 aromatic rings. The summed E-state index contributed by atoms with van der Waals surface area (Å²) >= 11 is 0. The van der Waals surface area contributed by atoms with Crippen LogP contribution >= 0.6 is 0 Å². The monoisotopic (exact) mass is 250 g/mol. The number of rotatable bonds is 6. The van der Waals surface area contributed by atoms with Crippen molar-refractivity contribution in [3.63, 3.8) is 0 Å². The molecular formula is C14H22N2O2. The van der Waals surface area contributed by atoms with Gasteiger partial charge in [-0.2, -0.15) is 0 Å². The Morgan fingerprint density at radius 1 is 1.28 bits per heavy atom. The lowest BCUT2D eigenvalue weighted by atomic mass is 9.93. The number of benzene rings is 1. The van der Waals surface area contributed by atoms with E-state index in [0.717, 1.165) is 18.8 Å². The fraction of sp³-hybridized carbons (Fsp3) is 0.500. The Labute approximate surface area is 109 Å². The lowest BCUT2D eigenvalue weighted by Gasteiger charge is -2.28. The molecule has 0 aromatic heterocycles. The number of hydrogen-bond donors (Lipinski definition) is 2. The Balaban J connectivity index is 2.55. The molecule has 2 N–H and O–H groups in total. The average molecular weight is 250 g/mol. The van der Waals surface area contributed by atoms with Crippen LogP contribution in [0.1, 0.15) is 24.2 Å². The van der Waals surface area contributed by atoms with E-state index < -0.39 is 5.97 Å². The van der Waals surface area contributed by atoms with Gasteiger partial charge in [0.25, 0.3) is 0 Å². The topological polar surface area (TPSA) is 52.6 Å². The zero-order valence-corrected chi connectivity index (χ0v) is 11.5. The molecule has 0 aliphatic carbocycles. The van der Waals surface area contributed by atoms with Crippen LogP contribution in [0.2, 0.25) is 0 Å². The van der Waals surface area contributed by atoms with Gasteiger partial charge in [-0.1, -0.05) is 13.8 Å². The number of hydrogen-bond acceptors (Lipinski definition) is 3. The Morgan fingerprint density at radius 3 is 2.28 bits per heavy atom. The van der Waals surface area contributed by atoms with Crippen molar-refractivity contribution in [2.45, 2.75) is 13.8 Å². The zero-order chi connectivity index (χ0) is 13.8. The third kappa shape index (κ3) is 4.75. The summed E-state index contributed by atoms with van der Waals surface area (Å²) < 4.78 is 0. The molecule has 1 aromatic carbocycles. The zero-order valence-electron chi connectivity index (χ0n) is 11.5. The highest BCUT2D eigenvalue weighted by Crippen LogP contribution is 2.18. The highest BCUT2D eigenvalue weighted by molar-refractivity contribution is 5.87. The molecule has 0 spiro atoms. The van der Waals surface area contributed by atoms with Crippen LogP contribution in [-0.2, 0) is 0 Å². The molecule has 0 aliphatic heterocycles. The van der Waals surface area contributed by atoms with E-state index in [1.54, 1.807) is 24.3 Å². The van der Waals surface area contributed by atoms with Crippen LogP contribution in [0.15, 0.2) is 24.3 Å². The van der Waals surface area contributed by atoms with Crippen LogP contribution in [0, 0.1) is 5.41 Å². The molecule has 0 fully saturated rings. The number of nitrogens with one attached hydrogen (secondary N) is 1. The largest absolute Gasteiger partial charge is 0.478 e. The Bertz CT molecular complexity index is 397. The minimum absolute atomic E-state index is 0.162. The summed E-state index contributed by atoms with van der Waals surface area (Å²) in [6.45, 7) is 6.24. The minimum atomic E-state index is -0.894. The Hall–Kier alpha value is -1.55. The third-order valence-corrected chi connectivity index (χ3v) is 2.65. The SMILES string of the molecule is CN(C)CC(C)(C)CNc1ccc(C(=O)O)cc1. The molecule has 0 heterocycles. The molecule has 1 rings (SSSR count). The van der Waals surface area contributed by atoms with Crippen molar-refractivity contribution < 1.29 is 9.90 Å². The molecule has 0 radical (unpaired) electrons. The van der Waals surface area contributed by atoms with Crippen LogP contribution in [0.5, 0.6) is 0 Å². The first-order chi connectivity index (χ1) is 8.30. The molecule has 0 unspecified atom stereocenters. The molecule has 0 atom stereocenters. The van der Waals surface area contributed by atoms with Crippen molar-refractivity contribution in [3.8, 4) is 0 Å². The van der Waals surface area contributed by atoms with Crippen molar-refractivity contribution in [1.82, 2.24) is 4.90 Å². The number of carboxylic acid groups (broad SMARTS) is 1. The van der Waals surface area contributed by atoms with Crippen molar-refractivity contribution in [2.75, 3.05) is 32.5 Å². The van der Waals surface area contributed by atoms with Gasteiger partial charge in [0.2, 0.25) is 0 Å². The number of aromatic carboxylic acids is 1. The predicted octanol–water partition coefficient (Wildman–Crippen LogP) is 2.38. The normalized spacial score (nSPS) is 11.6. The molecule has 0 aliphatic rings. The van der Waals surface area contributed by atoms with Crippen molar-refractivity contribution in [1.29, 1.82) is 0 Å². The fourth-order valence-corrected chi connectivity index (χ4v) is 1.98. The molecule has 0 bridgehead atoms. The summed E-state index contributed by atoms with van der Waals surface area (Å²) in [6, 6.07) is 6.83. The van der Waals surface area contributed by atoms with Gasteiger partial charge in [-0.15, -0.1) is 0 Å². The van der Waals surface area contributed by atoms with Gasteiger partial charge in [-0.25, -0.2) is 4.79 Å². The standard InChI is InChI=1S/C14H22N2O2/c1-14(2,10-16(3)4)9-15-12-7-5-11(6-8-12)13(17)18/h5-8,15H,9-10H2,1-4H3,(H,17,18). The molecule has 4 nitrogen and oxygen atoms in total. The molecule has 0 saturated carbocycles. The molecule has 18 heavy (non-hydrogen) atoms. The van der Waals surface area contributed by atoms with Crippen LogP contribution in [-0.4, -0.2) is 43.2 Å². The maximum absolute atomic E-state index is 10.7. The van der Waals surface area contributed by atoms with E-state index in [1.165, 1.54) is 0 Å². The van der Waals surface area contributed by atoms with E-state index in [0.29, 0.717) is 5.56 Å². The highest BCUT2D eigenvalue weighted by atomic mass is 16.4. The smallest absolute Gasteiger partial charge is 0.335 e. The van der Waals surface area contributed by atoms with Crippen molar-refractivity contribution in [3.05, 3.63) is 29.8 Å². The van der Waals surface area contributed by atoms with E-state index in [4.69, 9.17) is 5.11 Å². The molecule has 4 heteroatoms. The first kappa shape index (κ1) is 14.5. The second-order valence-corrected chi connectivity index (χ2v) is 5.64. The van der Waals surface area contributed by atoms with E-state index in [-0.39, 0.29) is 5.41 Å². The van der Waals surface area contributed by atoms with Gasteiger partial charge >= 0.3 is 5.97 Å². The van der Waals surface area contributed by atoms with Gasteiger partial charge in [-0.05, 0) is 43.8 Å². The van der Waals surface area contributed by atoms with Crippen LogP contribution in [0.3, 0.4) is 0 Å². The number of anilines is 1. The van der Waals surface area contributed by atoms with Crippen LogP contribution in [0.4, 0.5) is 5.69 Å². The summed E-state index contributed by atoms with van der Waals surface area (Å²) in [6.07, 6.45) is 0. The van der Waals surface area contributed by atoms with Gasteiger partial charge in [0.15, 0.2) is 0 Å². The summed E-state index contributed by atoms with van der Waals surface area (Å²) in [7, 11) is 4.12. The number of nitrogens with zero attached hydrogens (tertiary/aromatic N) is 1. The Morgan fingerprint density at radius 2 is 1.83 bits per heavy atom. The molecule has 0 saturated heterocycles. The molecule has 0 amide bonds.